The van der Waals surface area contributed by atoms with Gasteiger partial charge in [-0.25, -0.2) is 54.1 Å². The number of cyclic esters (lactones) is 2. The van der Waals surface area contributed by atoms with Crippen LogP contribution >= 0.6 is 15.9 Å². The monoisotopic (exact) mass is 898 g/mol. The second-order valence-corrected chi connectivity index (χ2v) is 13.2. The predicted octanol–water partition coefficient (Wildman–Crippen LogP) is 6.08. The molecular formula is C36H37BrF6N10O6. The number of amides is 2. The maximum absolute atomic E-state index is 14.6. The summed E-state index contributed by atoms with van der Waals surface area (Å²) in [5, 5.41) is 9.50. The van der Waals surface area contributed by atoms with Crippen LogP contribution < -0.4 is 25.0 Å². The molecule has 59 heavy (non-hydrogen) atoms. The van der Waals surface area contributed by atoms with E-state index in [4.69, 9.17) is 22.6 Å². The second kappa shape index (κ2) is 22.2. The first-order valence-electron chi connectivity index (χ1n) is 17.7. The van der Waals surface area contributed by atoms with E-state index in [0.717, 1.165) is 0 Å². The smallest absolute Gasteiger partial charge is 0.414 e. The Kier molecular flexibility index (Phi) is 17.1. The van der Waals surface area contributed by atoms with E-state index >= 15 is 0 Å². The van der Waals surface area contributed by atoms with Crippen molar-refractivity contribution >= 4 is 75.1 Å². The number of carbonyl (C=O) groups excluding carboxylic acids is 4. The predicted molar refractivity (Wildman–Crippen MR) is 207 cm³/mol. The van der Waals surface area contributed by atoms with Crippen molar-refractivity contribution in [3.63, 3.8) is 0 Å². The van der Waals surface area contributed by atoms with E-state index in [0.29, 0.717) is 43.0 Å². The van der Waals surface area contributed by atoms with Crippen LogP contribution in [0.2, 0.25) is 0 Å². The highest BCUT2D eigenvalue weighted by atomic mass is 79.9. The fraction of sp³-hybridized carbons (Fsp3) is 0.444. The molecule has 2 aromatic rings. The molecule has 23 heteroatoms. The van der Waals surface area contributed by atoms with Gasteiger partial charge in [0.1, 0.15) is 36.5 Å². The zero-order chi connectivity index (χ0) is 43.1. The Hall–Kier alpha value is -6.10. The van der Waals surface area contributed by atoms with Crippen molar-refractivity contribution in [1.29, 1.82) is 0 Å². The number of ketones is 2. The molecule has 16 nitrogen and oxygen atoms in total. The molecular weight excluding hydrogens is 862 g/mol. The van der Waals surface area contributed by atoms with Gasteiger partial charge in [0.15, 0.2) is 11.6 Å². The third-order valence-corrected chi connectivity index (χ3v) is 9.02. The minimum Gasteiger partial charge on any atom is -0.444 e. The van der Waals surface area contributed by atoms with Crippen LogP contribution in [0, 0.1) is 24.8 Å². The number of ether oxygens (including phenoxy) is 2. The van der Waals surface area contributed by atoms with Gasteiger partial charge in [-0.3, -0.25) is 24.2 Å². The minimum atomic E-state index is -3.04. The summed E-state index contributed by atoms with van der Waals surface area (Å²) in [7, 11) is 0. The van der Waals surface area contributed by atoms with Crippen molar-refractivity contribution in [3.05, 3.63) is 70.9 Å². The lowest BCUT2D eigenvalue weighted by Gasteiger charge is -2.27. The topological polar surface area (TPSA) is 148 Å². The standard InChI is InChI=1S/C18H18F3N5O3.C16H17F3N4O3.C2H2BrN/c1-22-10-25-7-6-24(11-23-25)15-4-2-12(8-14(15)19)26-9-13(29-18(26)28)3-5-16(27)17(20)21;17-12-7-10(1-3-13(12)22-6-5-20-21-9-22)23-8-11(26-16(23)25)2-4-14(24)15(18)19;1-4-2-3/h2,4,8,11,13,17H,3,5-7,9-10H2;1,3,7,9,11,15,20H,2,4-6,8H2;2H2/t13-;11-;/m00./s1. The fourth-order valence-electron chi connectivity index (χ4n) is 5.81. The largest absolute Gasteiger partial charge is 0.444 e. The van der Waals surface area contributed by atoms with Gasteiger partial charge in [0.25, 0.3) is 18.3 Å². The van der Waals surface area contributed by atoms with E-state index in [-0.39, 0.29) is 50.4 Å². The summed E-state index contributed by atoms with van der Waals surface area (Å²) in [6.07, 6.45) is -6.76. The number of nitrogens with zero attached hydrogens (tertiary/aromatic N) is 9. The van der Waals surface area contributed by atoms with E-state index in [2.05, 4.69) is 41.2 Å². The molecule has 4 aliphatic heterocycles. The Labute approximate surface area is 342 Å². The van der Waals surface area contributed by atoms with Gasteiger partial charge in [-0.05, 0) is 49.2 Å². The van der Waals surface area contributed by atoms with Crippen molar-refractivity contribution in [2.75, 3.05) is 71.0 Å². The molecule has 0 aromatic heterocycles. The molecule has 2 saturated heterocycles. The maximum Gasteiger partial charge on any atom is 0.414 e. The van der Waals surface area contributed by atoms with Gasteiger partial charge >= 0.3 is 18.9 Å². The Morgan fingerprint density at radius 2 is 1.29 bits per heavy atom. The minimum absolute atomic E-state index is 0.00320. The molecule has 1 N–H and O–H groups in total. The second-order valence-electron chi connectivity index (χ2n) is 12.7. The first kappa shape index (κ1) is 45.6. The van der Waals surface area contributed by atoms with Gasteiger partial charge in [-0.15, -0.1) is 0 Å². The maximum atomic E-state index is 14.6. The van der Waals surface area contributed by atoms with Gasteiger partial charge < -0.3 is 29.5 Å². The molecule has 2 fully saturated rings. The third-order valence-electron chi connectivity index (χ3n) is 8.77. The molecule has 316 valence electrons. The zero-order valence-corrected chi connectivity index (χ0v) is 32.6. The van der Waals surface area contributed by atoms with Crippen molar-refractivity contribution < 1.29 is 55.0 Å². The van der Waals surface area contributed by atoms with Crippen molar-refractivity contribution in [3.8, 4) is 0 Å². The normalized spacial score (nSPS) is 18.3. The first-order valence-corrected chi connectivity index (χ1v) is 18.9. The molecule has 4 heterocycles. The summed E-state index contributed by atoms with van der Waals surface area (Å²) in [4.78, 5) is 57.8. The molecule has 2 atom stereocenters. The molecule has 0 saturated carbocycles. The summed E-state index contributed by atoms with van der Waals surface area (Å²) in [5.41, 5.74) is 4.34. The fourth-order valence-corrected chi connectivity index (χ4v) is 5.81. The quantitative estimate of drug-likeness (QED) is 0.109. The zero-order valence-electron chi connectivity index (χ0n) is 31.0. The molecule has 0 spiro atoms. The molecule has 6 rings (SSSR count). The van der Waals surface area contributed by atoms with Gasteiger partial charge in [-0.2, -0.15) is 10.2 Å². The molecule has 2 aromatic carbocycles. The number of alkyl halides is 5. The number of Topliss-reactive ketones (excluding diaryl/α,β-unsaturated/α-hetero) is 2. The van der Waals surface area contributed by atoms with E-state index < -0.39 is 66.9 Å². The lowest BCUT2D eigenvalue weighted by Crippen LogP contribution is -2.38. The average molecular weight is 900 g/mol. The average Bonchev–Trinajstić information content (AvgIpc) is 3.80. The van der Waals surface area contributed by atoms with Gasteiger partial charge in [0, 0.05) is 41.9 Å². The third kappa shape index (κ3) is 12.9. The number of anilines is 4. The molecule has 0 bridgehead atoms. The van der Waals surface area contributed by atoms with Crippen LogP contribution in [0.5, 0.6) is 0 Å². The Morgan fingerprint density at radius 1 is 0.797 bits per heavy atom. The van der Waals surface area contributed by atoms with Gasteiger partial charge in [0.2, 0.25) is 0 Å². The first-order chi connectivity index (χ1) is 28.3. The van der Waals surface area contributed by atoms with Crippen molar-refractivity contribution in [2.45, 2.75) is 50.7 Å². The molecule has 0 aliphatic carbocycles. The summed E-state index contributed by atoms with van der Waals surface area (Å²) < 4.78 is 88.2. The highest BCUT2D eigenvalue weighted by molar-refractivity contribution is 9.09. The van der Waals surface area contributed by atoms with Gasteiger partial charge in [-0.1, -0.05) is 0 Å². The van der Waals surface area contributed by atoms with E-state index in [1.165, 1.54) is 46.7 Å². The van der Waals surface area contributed by atoms with Gasteiger partial charge in [0.05, 0.1) is 48.9 Å². The van der Waals surface area contributed by atoms with Crippen molar-refractivity contribution in [1.82, 2.24) is 10.4 Å². The molecule has 2 amide bonds. The van der Waals surface area contributed by atoms with Crippen LogP contribution in [-0.4, -0.2) is 118 Å². The number of rotatable bonds is 13. The number of carbonyl (C=O) groups is 4. The summed E-state index contributed by atoms with van der Waals surface area (Å²) in [6.45, 7) is 15.2. The van der Waals surface area contributed by atoms with Crippen LogP contribution in [0.4, 0.5) is 58.7 Å². The van der Waals surface area contributed by atoms with E-state index in [1.807, 2.05) is 0 Å². The Balaban J connectivity index is 0.000000240. The van der Waals surface area contributed by atoms with E-state index in [1.54, 1.807) is 26.9 Å². The number of hydrogen-bond acceptors (Lipinski definition) is 12. The summed E-state index contributed by atoms with van der Waals surface area (Å²) >= 11 is 2.89. The van der Waals surface area contributed by atoms with Crippen LogP contribution in [0.1, 0.15) is 25.7 Å². The number of halogens is 7. The lowest BCUT2D eigenvalue weighted by atomic mass is 10.1. The molecule has 0 unspecified atom stereocenters. The highest BCUT2D eigenvalue weighted by Gasteiger charge is 2.35. The van der Waals surface area contributed by atoms with Crippen LogP contribution in [0.3, 0.4) is 0 Å². The SMILES string of the molecule is O=C(CC[C@H]1CN(c2ccc(N3C=NNCC3)c(F)c2)C(=O)O1)C(F)F.[C-]#[N+]CBr.[C-]#[N+]CN1CCN(c2ccc(N3C[C@H](CCC(=O)C(F)F)OC3=O)cc2F)C=N1. The Morgan fingerprint density at radius 3 is 1.66 bits per heavy atom. The van der Waals surface area contributed by atoms with E-state index in [9.17, 15) is 45.5 Å². The number of benzene rings is 2. The lowest BCUT2D eigenvalue weighted by molar-refractivity contribution is -0.130. The van der Waals surface area contributed by atoms with Crippen LogP contribution in [0.25, 0.3) is 9.69 Å². The highest BCUT2D eigenvalue weighted by Crippen LogP contribution is 2.30. The molecule has 4 aliphatic rings. The number of hydrogen-bond donors (Lipinski definition) is 1. The molecule has 0 radical (unpaired) electrons. The van der Waals surface area contributed by atoms with Crippen molar-refractivity contribution in [2.24, 2.45) is 10.2 Å². The Bertz CT molecular complexity index is 1970. The number of nitrogens with one attached hydrogen (secondary N) is 1. The summed E-state index contributed by atoms with van der Waals surface area (Å²) in [6, 6.07) is 8.54. The summed E-state index contributed by atoms with van der Waals surface area (Å²) in [5.74, 6) is -3.49. The number of hydrazone groups is 2. The van der Waals surface area contributed by atoms with Crippen LogP contribution in [-0.2, 0) is 19.1 Å². The van der Waals surface area contributed by atoms with Crippen LogP contribution in [0.15, 0.2) is 46.6 Å².